The molecule has 12 nitrogen and oxygen atoms in total. The quantitative estimate of drug-likeness (QED) is 0.0938. The number of rotatable bonds is 6. The van der Waals surface area contributed by atoms with E-state index < -0.39 is 86.4 Å². The van der Waals surface area contributed by atoms with Gasteiger partial charge in [0.05, 0.1) is 35.1 Å². The molecule has 4 aliphatic rings. The number of hydrogen-bond donors (Lipinski definition) is 6. The third kappa shape index (κ3) is 4.43. The van der Waals surface area contributed by atoms with Crippen molar-refractivity contribution in [2.75, 3.05) is 7.11 Å². The minimum atomic E-state index is -1.55. The summed E-state index contributed by atoms with van der Waals surface area (Å²) in [5.74, 6) is -9.06. The molecule has 47 heavy (non-hydrogen) atoms. The second kappa shape index (κ2) is 10.9. The van der Waals surface area contributed by atoms with E-state index in [9.17, 15) is 49.8 Å². The van der Waals surface area contributed by atoms with Gasteiger partial charge >= 0.3 is 11.9 Å². The predicted molar refractivity (Wildman–Crippen MR) is 163 cm³/mol. The molecule has 0 heterocycles. The number of benzene rings is 3. The van der Waals surface area contributed by atoms with Gasteiger partial charge in [-0.15, -0.1) is 0 Å². The first-order valence-electron chi connectivity index (χ1n) is 14.7. The van der Waals surface area contributed by atoms with Crippen LogP contribution in [-0.4, -0.2) is 61.3 Å². The number of aryl methyl sites for hydroxylation is 1. The molecule has 3 atom stereocenters. The monoisotopic (exact) mass is 642 g/mol. The van der Waals surface area contributed by atoms with Crippen LogP contribution in [0.2, 0.25) is 0 Å². The molecule has 0 aliphatic heterocycles. The molecule has 0 unspecified atom stereocenters. The van der Waals surface area contributed by atoms with E-state index in [1.807, 2.05) is 0 Å². The molecule has 242 valence electrons. The van der Waals surface area contributed by atoms with Gasteiger partial charge in [0.2, 0.25) is 5.78 Å². The van der Waals surface area contributed by atoms with Crippen LogP contribution in [0.25, 0.3) is 5.76 Å². The smallest absolute Gasteiger partial charge is 0.342 e. The number of aliphatic hydroxyl groups excluding tert-OH is 1. The van der Waals surface area contributed by atoms with Crippen LogP contribution in [0.4, 0.5) is 0 Å². The lowest BCUT2D eigenvalue weighted by molar-refractivity contribution is -0.155. The lowest BCUT2D eigenvalue weighted by Crippen LogP contribution is -2.42. The van der Waals surface area contributed by atoms with E-state index in [1.54, 1.807) is 26.0 Å². The van der Waals surface area contributed by atoms with Crippen molar-refractivity contribution >= 4 is 29.3 Å². The Kier molecular flexibility index (Phi) is 7.26. The third-order valence-corrected chi connectivity index (χ3v) is 9.00. The van der Waals surface area contributed by atoms with Crippen LogP contribution in [0, 0.1) is 12.3 Å². The Balaban J connectivity index is 1.60. The zero-order valence-electron chi connectivity index (χ0n) is 25.5. The number of carbonyl (C=O) groups is 4. The molecule has 4 aliphatic carbocycles. The Hall–Kier alpha value is -5.78. The maximum Gasteiger partial charge on any atom is 0.342 e. The molecule has 0 aromatic heterocycles. The Labute approximate surface area is 267 Å². The molecule has 0 saturated heterocycles. The van der Waals surface area contributed by atoms with Crippen molar-refractivity contribution < 1.29 is 59.3 Å². The molecule has 7 rings (SSSR count). The van der Waals surface area contributed by atoms with Gasteiger partial charge in [0.15, 0.2) is 5.78 Å². The summed E-state index contributed by atoms with van der Waals surface area (Å²) in [7, 11) is 0.987. The van der Waals surface area contributed by atoms with E-state index in [0.717, 1.165) is 25.3 Å². The lowest BCUT2D eigenvalue weighted by atomic mass is 9.61. The fourth-order valence-corrected chi connectivity index (χ4v) is 7.07. The Morgan fingerprint density at radius 2 is 1.60 bits per heavy atom. The van der Waals surface area contributed by atoms with Crippen molar-refractivity contribution in [2.45, 2.75) is 45.1 Å². The number of ketones is 2. The van der Waals surface area contributed by atoms with Crippen molar-refractivity contribution in [3.05, 3.63) is 92.6 Å². The number of allylic oxidation sites excluding steroid dienone is 1. The van der Waals surface area contributed by atoms with Crippen molar-refractivity contribution in [1.29, 1.82) is 0 Å². The fraction of sp³-hybridized carbons (Fsp3) is 0.257. The van der Waals surface area contributed by atoms with Gasteiger partial charge < -0.3 is 40.1 Å². The molecule has 1 spiro atoms. The standard InChI is InChI=1S/C35H30O12/c1-4-5-22(40)47-33-17-10-14(2)11-20(38)24(17)32(44)28-29(41)16-8-9-35(28,33)13-15-12-21(39)27(30(42)23(15)16)31(43)25-18(36)6-7-19(37)26(25)34(45)46-3/h6-12,16,33,36-39,42,44H,4-5,13H2,1-3H3/t16-,33-,35-/m0/s1. The van der Waals surface area contributed by atoms with Gasteiger partial charge in [-0.05, 0) is 55.2 Å². The molecule has 0 amide bonds. The highest BCUT2D eigenvalue weighted by Gasteiger charge is 2.58. The number of phenols is 5. The Morgan fingerprint density at radius 3 is 2.26 bits per heavy atom. The number of phenolic OH excluding ortho intramolecular Hbond substituents is 5. The first-order valence-corrected chi connectivity index (χ1v) is 14.7. The van der Waals surface area contributed by atoms with Crippen LogP contribution in [0.1, 0.15) is 85.9 Å². The minimum Gasteiger partial charge on any atom is -0.507 e. The number of hydrogen-bond acceptors (Lipinski definition) is 12. The molecule has 3 aromatic rings. The minimum absolute atomic E-state index is 0.0457. The van der Waals surface area contributed by atoms with Gasteiger partial charge in [0, 0.05) is 17.5 Å². The molecule has 2 bridgehead atoms. The summed E-state index contributed by atoms with van der Waals surface area (Å²) in [6.45, 7) is 3.48. The Morgan fingerprint density at radius 1 is 0.915 bits per heavy atom. The van der Waals surface area contributed by atoms with Crippen LogP contribution in [0.3, 0.4) is 0 Å². The summed E-state index contributed by atoms with van der Waals surface area (Å²) < 4.78 is 10.7. The normalized spacial score (nSPS) is 20.6. The molecule has 0 fully saturated rings. The molecule has 6 N–H and O–H groups in total. The Bertz CT molecular complexity index is 2000. The number of ether oxygens (including phenoxy) is 2. The van der Waals surface area contributed by atoms with Crippen LogP contribution >= 0.6 is 0 Å². The van der Waals surface area contributed by atoms with Crippen molar-refractivity contribution in [3.8, 4) is 28.7 Å². The summed E-state index contributed by atoms with van der Waals surface area (Å²) in [4.78, 5) is 53.7. The summed E-state index contributed by atoms with van der Waals surface area (Å²) in [5.41, 5.74) is -3.17. The summed E-state index contributed by atoms with van der Waals surface area (Å²) in [6.07, 6.45) is 2.11. The number of fused-ring (bicyclic) bond motifs is 1. The van der Waals surface area contributed by atoms with Crippen LogP contribution in [0.5, 0.6) is 28.7 Å². The largest absolute Gasteiger partial charge is 0.507 e. The van der Waals surface area contributed by atoms with E-state index in [2.05, 4.69) is 4.74 Å². The highest BCUT2D eigenvalue weighted by molar-refractivity contribution is 6.20. The maximum atomic E-state index is 14.3. The first-order chi connectivity index (χ1) is 22.3. The molecule has 0 radical (unpaired) electrons. The van der Waals surface area contributed by atoms with Crippen LogP contribution in [0.15, 0.2) is 48.1 Å². The average Bonchev–Trinajstić information content (AvgIpc) is 3.23. The fourth-order valence-electron chi connectivity index (χ4n) is 7.07. The van der Waals surface area contributed by atoms with E-state index in [-0.39, 0.29) is 46.4 Å². The lowest BCUT2D eigenvalue weighted by Gasteiger charge is -2.44. The van der Waals surface area contributed by atoms with Gasteiger partial charge in [-0.2, -0.15) is 0 Å². The van der Waals surface area contributed by atoms with Gasteiger partial charge in [0.1, 0.15) is 51.7 Å². The number of esters is 2. The topological polar surface area (TPSA) is 208 Å². The number of carbonyl (C=O) groups excluding carboxylic acids is 4. The predicted octanol–water partition coefficient (Wildman–Crippen LogP) is 4.67. The van der Waals surface area contributed by atoms with Crippen molar-refractivity contribution in [1.82, 2.24) is 0 Å². The number of Topliss-reactive ketones (excluding diaryl/α,β-unsaturated/α-hetero) is 1. The van der Waals surface area contributed by atoms with Crippen LogP contribution in [-0.2, 0) is 25.5 Å². The summed E-state index contributed by atoms with van der Waals surface area (Å²) in [5, 5.41) is 66.3. The van der Waals surface area contributed by atoms with Crippen molar-refractivity contribution in [2.24, 2.45) is 5.41 Å². The summed E-state index contributed by atoms with van der Waals surface area (Å²) >= 11 is 0. The first kappa shape index (κ1) is 31.2. The molecular formula is C35H30O12. The second-order valence-electron chi connectivity index (χ2n) is 11.9. The van der Waals surface area contributed by atoms with Crippen LogP contribution < -0.4 is 0 Å². The van der Waals surface area contributed by atoms with Gasteiger partial charge in [0.25, 0.3) is 0 Å². The van der Waals surface area contributed by atoms with E-state index in [4.69, 9.17) is 4.74 Å². The summed E-state index contributed by atoms with van der Waals surface area (Å²) in [6, 6.07) is 6.06. The van der Waals surface area contributed by atoms with Crippen molar-refractivity contribution in [3.63, 3.8) is 0 Å². The molecule has 3 aromatic carbocycles. The SMILES string of the molecule is CCCC(=O)O[C@H]1c2cc(C)cc(O)c2C(O)=C2C(=O)[C@H]3C=C[C@]21Cc1cc(O)c(C(=O)c2c(O)ccc(O)c2C(=O)OC)c(O)c13. The molecule has 12 heteroatoms. The maximum absolute atomic E-state index is 14.3. The van der Waals surface area contributed by atoms with E-state index >= 15 is 0 Å². The van der Waals surface area contributed by atoms with Gasteiger partial charge in [-0.25, -0.2) is 4.79 Å². The molecular weight excluding hydrogens is 612 g/mol. The zero-order chi connectivity index (χ0) is 34.1. The average molecular weight is 643 g/mol. The highest BCUT2D eigenvalue weighted by atomic mass is 16.5. The number of aromatic hydroxyl groups is 5. The number of methoxy groups -OCH3 is 1. The molecule has 0 saturated carbocycles. The third-order valence-electron chi connectivity index (χ3n) is 9.00. The second-order valence-corrected chi connectivity index (χ2v) is 11.9. The number of aliphatic hydroxyl groups is 1. The van der Waals surface area contributed by atoms with Gasteiger partial charge in [-0.3, -0.25) is 14.4 Å². The zero-order valence-corrected chi connectivity index (χ0v) is 25.5. The highest BCUT2D eigenvalue weighted by Crippen LogP contribution is 2.62. The van der Waals surface area contributed by atoms with E-state index in [0.29, 0.717) is 12.0 Å². The van der Waals surface area contributed by atoms with E-state index in [1.165, 1.54) is 12.1 Å². The van der Waals surface area contributed by atoms with Gasteiger partial charge in [-0.1, -0.05) is 25.1 Å².